The van der Waals surface area contributed by atoms with Crippen molar-refractivity contribution in [1.29, 1.82) is 0 Å². The zero-order valence-corrected chi connectivity index (χ0v) is 7.75. The van der Waals surface area contributed by atoms with E-state index in [-0.39, 0.29) is 12.6 Å². The van der Waals surface area contributed by atoms with Gasteiger partial charge in [0.05, 0.1) is 19.3 Å². The smallest absolute Gasteiger partial charge is 0.0638 e. The van der Waals surface area contributed by atoms with E-state index in [9.17, 15) is 0 Å². The molecule has 0 bridgehead atoms. The molecule has 0 heterocycles. The van der Waals surface area contributed by atoms with Crippen LogP contribution in [0.4, 0.5) is 0 Å². The molecule has 1 rings (SSSR count). The first-order valence-electron chi connectivity index (χ1n) is 4.70. The van der Waals surface area contributed by atoms with Gasteiger partial charge in [-0.15, -0.1) is 0 Å². The third-order valence-corrected chi connectivity index (χ3v) is 2.51. The Labute approximate surface area is 74.1 Å². The van der Waals surface area contributed by atoms with Gasteiger partial charge in [0, 0.05) is 7.11 Å². The zero-order valence-electron chi connectivity index (χ0n) is 7.75. The molecular formula is C9H19NO2. The maximum atomic E-state index is 8.92. The molecule has 0 aromatic rings. The third kappa shape index (κ3) is 3.09. The highest BCUT2D eigenvalue weighted by molar-refractivity contribution is 4.74. The molecule has 0 unspecified atom stereocenters. The molecule has 0 amide bonds. The average Bonchev–Trinajstić information content (AvgIpc) is 2.00. The van der Waals surface area contributed by atoms with Gasteiger partial charge < -0.3 is 15.2 Å². The molecule has 1 aliphatic carbocycles. The Kier molecular flexibility index (Phi) is 4.58. The van der Waals surface area contributed by atoms with Crippen LogP contribution in [-0.2, 0) is 4.74 Å². The van der Waals surface area contributed by atoms with Gasteiger partial charge in [0.1, 0.15) is 0 Å². The molecule has 2 N–H and O–H groups in total. The van der Waals surface area contributed by atoms with E-state index in [1.807, 2.05) is 0 Å². The first-order chi connectivity index (χ1) is 5.86. The van der Waals surface area contributed by atoms with Gasteiger partial charge in [-0.25, -0.2) is 0 Å². The van der Waals surface area contributed by atoms with Crippen LogP contribution in [-0.4, -0.2) is 38.0 Å². The molecule has 1 saturated carbocycles. The van der Waals surface area contributed by atoms with E-state index in [1.54, 1.807) is 7.11 Å². The fraction of sp³-hybridized carbons (Fsp3) is 1.00. The van der Waals surface area contributed by atoms with Gasteiger partial charge in [-0.1, -0.05) is 6.42 Å². The number of aliphatic hydroxyl groups is 1. The largest absolute Gasteiger partial charge is 0.395 e. The van der Waals surface area contributed by atoms with Crippen molar-refractivity contribution in [3.8, 4) is 0 Å². The highest BCUT2D eigenvalue weighted by Crippen LogP contribution is 2.25. The first kappa shape index (κ1) is 9.96. The monoisotopic (exact) mass is 173 g/mol. The van der Waals surface area contributed by atoms with Crippen LogP contribution in [0.5, 0.6) is 0 Å². The van der Waals surface area contributed by atoms with Crippen LogP contribution >= 0.6 is 0 Å². The van der Waals surface area contributed by atoms with Gasteiger partial charge >= 0.3 is 0 Å². The van der Waals surface area contributed by atoms with E-state index < -0.39 is 0 Å². The molecule has 0 aromatic heterocycles. The number of hydrogen-bond donors (Lipinski definition) is 2. The Morgan fingerprint density at radius 3 is 2.75 bits per heavy atom. The number of aliphatic hydroxyl groups excluding tert-OH is 1. The minimum Gasteiger partial charge on any atom is -0.395 e. The second kappa shape index (κ2) is 5.51. The number of nitrogens with one attached hydrogen (secondary N) is 1. The molecule has 0 aromatic carbocycles. The SMILES string of the molecule is COC[C@H](CO)NCC1CCC1. The lowest BCUT2D eigenvalue weighted by molar-refractivity contribution is 0.122. The summed E-state index contributed by atoms with van der Waals surface area (Å²) in [5.41, 5.74) is 0. The Balaban J connectivity index is 2.01. The minimum absolute atomic E-state index is 0.121. The topological polar surface area (TPSA) is 41.5 Å². The Morgan fingerprint density at radius 2 is 2.33 bits per heavy atom. The van der Waals surface area contributed by atoms with Crippen molar-refractivity contribution >= 4 is 0 Å². The Hall–Kier alpha value is -0.120. The van der Waals surface area contributed by atoms with Crippen LogP contribution in [0.25, 0.3) is 0 Å². The highest BCUT2D eigenvalue weighted by atomic mass is 16.5. The molecule has 3 heteroatoms. The summed E-state index contributed by atoms with van der Waals surface area (Å²) < 4.78 is 4.96. The molecule has 1 aliphatic rings. The lowest BCUT2D eigenvalue weighted by Crippen LogP contribution is -2.40. The summed E-state index contributed by atoms with van der Waals surface area (Å²) in [5.74, 6) is 0.843. The fourth-order valence-corrected chi connectivity index (χ4v) is 1.41. The quantitative estimate of drug-likeness (QED) is 0.610. The van der Waals surface area contributed by atoms with Crippen molar-refractivity contribution in [3.05, 3.63) is 0 Å². The second-order valence-corrected chi connectivity index (χ2v) is 3.54. The van der Waals surface area contributed by atoms with E-state index >= 15 is 0 Å². The molecule has 1 fully saturated rings. The Morgan fingerprint density at radius 1 is 1.58 bits per heavy atom. The number of ether oxygens (including phenoxy) is 1. The van der Waals surface area contributed by atoms with Gasteiger partial charge in [-0.05, 0) is 25.3 Å². The Bertz CT molecular complexity index is 115. The number of methoxy groups -OCH3 is 1. The van der Waals surface area contributed by atoms with E-state index in [1.165, 1.54) is 19.3 Å². The van der Waals surface area contributed by atoms with Gasteiger partial charge in [0.15, 0.2) is 0 Å². The molecule has 72 valence electrons. The standard InChI is InChI=1S/C9H19NO2/c1-12-7-9(6-11)10-5-8-3-2-4-8/h8-11H,2-7H2,1H3/t9-/m0/s1. The highest BCUT2D eigenvalue weighted by Gasteiger charge is 2.18. The summed E-state index contributed by atoms with van der Waals surface area (Å²) in [4.78, 5) is 0. The van der Waals surface area contributed by atoms with Crippen molar-refractivity contribution in [3.63, 3.8) is 0 Å². The van der Waals surface area contributed by atoms with Gasteiger partial charge in [0.2, 0.25) is 0 Å². The number of rotatable bonds is 6. The molecule has 3 nitrogen and oxygen atoms in total. The summed E-state index contributed by atoms with van der Waals surface area (Å²) in [6, 6.07) is 0.121. The van der Waals surface area contributed by atoms with E-state index in [4.69, 9.17) is 9.84 Å². The molecular weight excluding hydrogens is 154 g/mol. The molecule has 0 aliphatic heterocycles. The lowest BCUT2D eigenvalue weighted by atomic mass is 9.85. The summed E-state index contributed by atoms with van der Waals surface area (Å²) in [7, 11) is 1.66. The van der Waals surface area contributed by atoms with Crippen molar-refractivity contribution in [2.45, 2.75) is 25.3 Å². The maximum absolute atomic E-state index is 8.92. The van der Waals surface area contributed by atoms with Gasteiger partial charge in [-0.3, -0.25) is 0 Å². The predicted octanol–water partition coefficient (Wildman–Crippen LogP) is 0.383. The predicted molar refractivity (Wildman–Crippen MR) is 48.1 cm³/mol. The lowest BCUT2D eigenvalue weighted by Gasteiger charge is -2.27. The second-order valence-electron chi connectivity index (χ2n) is 3.54. The summed E-state index contributed by atoms with van der Waals surface area (Å²) >= 11 is 0. The summed E-state index contributed by atoms with van der Waals surface area (Å²) in [5, 5.41) is 12.2. The number of hydrogen-bond acceptors (Lipinski definition) is 3. The van der Waals surface area contributed by atoms with Crippen molar-refractivity contribution < 1.29 is 9.84 Å². The maximum Gasteiger partial charge on any atom is 0.0638 e. The first-order valence-corrected chi connectivity index (χ1v) is 4.70. The van der Waals surface area contributed by atoms with Crippen molar-refractivity contribution in [1.82, 2.24) is 5.32 Å². The minimum atomic E-state index is 0.121. The van der Waals surface area contributed by atoms with Gasteiger partial charge in [-0.2, -0.15) is 0 Å². The molecule has 0 spiro atoms. The summed E-state index contributed by atoms with van der Waals surface area (Å²) in [6.45, 7) is 1.80. The normalized spacial score (nSPS) is 20.5. The summed E-state index contributed by atoms with van der Waals surface area (Å²) in [6.07, 6.45) is 4.07. The fourth-order valence-electron chi connectivity index (χ4n) is 1.41. The van der Waals surface area contributed by atoms with Crippen molar-refractivity contribution in [2.24, 2.45) is 5.92 Å². The van der Waals surface area contributed by atoms with E-state index in [0.717, 1.165) is 12.5 Å². The molecule has 0 saturated heterocycles. The van der Waals surface area contributed by atoms with Crippen LogP contribution in [0.3, 0.4) is 0 Å². The zero-order chi connectivity index (χ0) is 8.81. The average molecular weight is 173 g/mol. The third-order valence-electron chi connectivity index (χ3n) is 2.51. The molecule has 12 heavy (non-hydrogen) atoms. The van der Waals surface area contributed by atoms with Crippen LogP contribution in [0.15, 0.2) is 0 Å². The van der Waals surface area contributed by atoms with Crippen LogP contribution < -0.4 is 5.32 Å². The van der Waals surface area contributed by atoms with E-state index in [0.29, 0.717) is 6.61 Å². The molecule has 1 atom stereocenters. The van der Waals surface area contributed by atoms with Crippen molar-refractivity contribution in [2.75, 3.05) is 26.9 Å². The van der Waals surface area contributed by atoms with Crippen LogP contribution in [0, 0.1) is 5.92 Å². The van der Waals surface area contributed by atoms with Crippen LogP contribution in [0.2, 0.25) is 0 Å². The van der Waals surface area contributed by atoms with Gasteiger partial charge in [0.25, 0.3) is 0 Å². The van der Waals surface area contributed by atoms with E-state index in [2.05, 4.69) is 5.32 Å². The van der Waals surface area contributed by atoms with Crippen LogP contribution in [0.1, 0.15) is 19.3 Å². The molecule has 0 radical (unpaired) electrons.